The molecule has 2 aromatic heterocycles. The molecule has 7 heteroatoms. The minimum absolute atomic E-state index is 0.591. The molecule has 0 atom stereocenters. The van der Waals surface area contributed by atoms with Gasteiger partial charge in [0.25, 0.3) is 0 Å². The first-order valence-corrected chi connectivity index (χ1v) is 5.55. The van der Waals surface area contributed by atoms with Crippen LogP contribution in [0.4, 0.5) is 10.9 Å². The minimum Gasteiger partial charge on any atom is -0.384 e. The fraction of sp³-hybridized carbons (Fsp3) is 0.143. The van der Waals surface area contributed by atoms with E-state index in [9.17, 15) is 0 Å². The zero-order valence-electron chi connectivity index (χ0n) is 7.12. The van der Waals surface area contributed by atoms with Crippen LogP contribution in [-0.2, 0) is 6.54 Å². The highest BCUT2D eigenvalue weighted by molar-refractivity contribution is 9.10. The van der Waals surface area contributed by atoms with Gasteiger partial charge in [-0.15, -0.1) is 11.3 Å². The number of thiazole rings is 1. The third-order valence-electron chi connectivity index (χ3n) is 1.66. The molecular formula is C7H8BrN5S. The molecule has 0 spiro atoms. The summed E-state index contributed by atoms with van der Waals surface area (Å²) < 4.78 is 0.838. The van der Waals surface area contributed by atoms with Crippen molar-refractivity contribution in [3.63, 3.8) is 0 Å². The number of rotatable bonds is 3. The molecule has 0 bridgehead atoms. The Morgan fingerprint density at radius 2 is 2.50 bits per heavy atom. The quantitative estimate of drug-likeness (QED) is 0.797. The molecule has 2 heterocycles. The highest BCUT2D eigenvalue weighted by atomic mass is 79.9. The number of nitrogens with two attached hydrogens (primary N) is 1. The van der Waals surface area contributed by atoms with E-state index in [0.717, 1.165) is 15.3 Å². The van der Waals surface area contributed by atoms with Crippen LogP contribution in [0.2, 0.25) is 0 Å². The highest BCUT2D eigenvalue weighted by Crippen LogP contribution is 2.20. The van der Waals surface area contributed by atoms with Crippen LogP contribution in [0.15, 0.2) is 16.2 Å². The van der Waals surface area contributed by atoms with E-state index in [1.54, 1.807) is 6.20 Å². The van der Waals surface area contributed by atoms with Crippen LogP contribution in [0.3, 0.4) is 0 Å². The summed E-state index contributed by atoms with van der Waals surface area (Å²) in [5.74, 6) is 0.591. The molecule has 5 nitrogen and oxygen atoms in total. The molecule has 0 aliphatic heterocycles. The SMILES string of the molecule is Nc1[nH]ncc1CNc1nc(Br)cs1. The van der Waals surface area contributed by atoms with Gasteiger partial charge < -0.3 is 11.1 Å². The predicted molar refractivity (Wildman–Crippen MR) is 60.1 cm³/mol. The van der Waals surface area contributed by atoms with Gasteiger partial charge in [0.1, 0.15) is 10.4 Å². The van der Waals surface area contributed by atoms with E-state index in [1.807, 2.05) is 5.38 Å². The van der Waals surface area contributed by atoms with Gasteiger partial charge in [0.2, 0.25) is 0 Å². The van der Waals surface area contributed by atoms with Crippen molar-refractivity contribution in [1.82, 2.24) is 15.2 Å². The monoisotopic (exact) mass is 273 g/mol. The number of H-pyrrole nitrogens is 1. The standard InChI is InChI=1S/C7H8BrN5S/c8-5-3-14-7(12-5)10-1-4-2-11-13-6(4)9/h2-3H,1H2,(H,10,12)(H3,9,11,13). The molecule has 0 aliphatic rings. The number of aromatic nitrogens is 3. The largest absolute Gasteiger partial charge is 0.384 e. The second kappa shape index (κ2) is 3.97. The van der Waals surface area contributed by atoms with Crippen LogP contribution in [0, 0.1) is 0 Å². The number of nitrogens with one attached hydrogen (secondary N) is 2. The van der Waals surface area contributed by atoms with Gasteiger partial charge >= 0.3 is 0 Å². The van der Waals surface area contributed by atoms with Crippen LogP contribution < -0.4 is 11.1 Å². The molecular weight excluding hydrogens is 266 g/mol. The molecule has 74 valence electrons. The lowest BCUT2D eigenvalue weighted by atomic mass is 10.3. The van der Waals surface area contributed by atoms with Crippen molar-refractivity contribution < 1.29 is 0 Å². The lowest BCUT2D eigenvalue weighted by molar-refractivity contribution is 1.10. The molecule has 14 heavy (non-hydrogen) atoms. The van der Waals surface area contributed by atoms with E-state index in [-0.39, 0.29) is 0 Å². The highest BCUT2D eigenvalue weighted by Gasteiger charge is 2.02. The first-order valence-electron chi connectivity index (χ1n) is 3.88. The lowest BCUT2D eigenvalue weighted by Crippen LogP contribution is -2.00. The minimum atomic E-state index is 0.591. The Bertz CT molecular complexity index is 423. The third kappa shape index (κ3) is 2.05. The Labute approximate surface area is 92.9 Å². The molecule has 2 rings (SSSR count). The first kappa shape index (κ1) is 9.47. The molecule has 0 radical (unpaired) electrons. The summed E-state index contributed by atoms with van der Waals surface area (Å²) in [7, 11) is 0. The van der Waals surface area contributed by atoms with E-state index >= 15 is 0 Å². The van der Waals surface area contributed by atoms with E-state index in [4.69, 9.17) is 5.73 Å². The molecule has 0 saturated heterocycles. The lowest BCUT2D eigenvalue weighted by Gasteiger charge is -1.99. The van der Waals surface area contributed by atoms with Crippen LogP contribution in [0.25, 0.3) is 0 Å². The maximum atomic E-state index is 5.63. The molecule has 0 aromatic carbocycles. The third-order valence-corrected chi connectivity index (χ3v) is 3.17. The van der Waals surface area contributed by atoms with Crippen molar-refractivity contribution >= 4 is 38.2 Å². The number of halogens is 1. The molecule has 0 aliphatic carbocycles. The van der Waals surface area contributed by atoms with E-state index < -0.39 is 0 Å². The van der Waals surface area contributed by atoms with Crippen molar-refractivity contribution in [2.75, 3.05) is 11.1 Å². The average Bonchev–Trinajstić information content (AvgIpc) is 2.72. The molecule has 2 aromatic rings. The summed E-state index contributed by atoms with van der Waals surface area (Å²) in [5.41, 5.74) is 6.57. The van der Waals surface area contributed by atoms with E-state index in [0.29, 0.717) is 12.4 Å². The fourth-order valence-electron chi connectivity index (χ4n) is 0.968. The number of hydrogen-bond acceptors (Lipinski definition) is 5. The fourth-order valence-corrected chi connectivity index (χ4v) is 2.11. The summed E-state index contributed by atoms with van der Waals surface area (Å²) in [5, 5.41) is 12.4. The molecule has 0 fully saturated rings. The van der Waals surface area contributed by atoms with Crippen LogP contribution in [0.1, 0.15) is 5.56 Å². The van der Waals surface area contributed by atoms with Crippen LogP contribution >= 0.6 is 27.3 Å². The van der Waals surface area contributed by atoms with Gasteiger partial charge in [-0.05, 0) is 15.9 Å². The van der Waals surface area contributed by atoms with Gasteiger partial charge in [0.15, 0.2) is 5.13 Å². The summed E-state index contributed by atoms with van der Waals surface area (Å²) in [6, 6.07) is 0. The second-order valence-electron chi connectivity index (χ2n) is 2.64. The van der Waals surface area contributed by atoms with Crippen molar-refractivity contribution in [3.05, 3.63) is 21.7 Å². The number of aromatic amines is 1. The summed E-state index contributed by atoms with van der Waals surface area (Å²) in [6.45, 7) is 0.627. The Kier molecular flexibility index (Phi) is 2.69. The summed E-state index contributed by atoms with van der Waals surface area (Å²) in [6.07, 6.45) is 1.70. The molecule has 4 N–H and O–H groups in total. The van der Waals surface area contributed by atoms with Gasteiger partial charge in [-0.1, -0.05) is 0 Å². The second-order valence-corrected chi connectivity index (χ2v) is 4.31. The van der Waals surface area contributed by atoms with Gasteiger partial charge in [-0.3, -0.25) is 5.10 Å². The van der Waals surface area contributed by atoms with Crippen molar-refractivity contribution in [3.8, 4) is 0 Å². The molecule has 0 amide bonds. The van der Waals surface area contributed by atoms with Crippen LogP contribution in [-0.4, -0.2) is 15.2 Å². The topological polar surface area (TPSA) is 79.6 Å². The van der Waals surface area contributed by atoms with Crippen molar-refractivity contribution in [1.29, 1.82) is 0 Å². The Morgan fingerprint density at radius 1 is 1.64 bits per heavy atom. The summed E-state index contributed by atoms with van der Waals surface area (Å²) in [4.78, 5) is 4.19. The first-order chi connectivity index (χ1) is 6.75. The zero-order valence-corrected chi connectivity index (χ0v) is 9.52. The maximum Gasteiger partial charge on any atom is 0.184 e. The van der Waals surface area contributed by atoms with Crippen molar-refractivity contribution in [2.24, 2.45) is 0 Å². The summed E-state index contributed by atoms with van der Waals surface area (Å²) >= 11 is 4.82. The Balaban J connectivity index is 1.98. The molecule has 0 unspecified atom stereocenters. The smallest absolute Gasteiger partial charge is 0.184 e. The predicted octanol–water partition coefficient (Wildman–Crippen LogP) is 1.82. The zero-order chi connectivity index (χ0) is 9.97. The number of nitrogens with zero attached hydrogens (tertiary/aromatic N) is 2. The van der Waals surface area contributed by atoms with Crippen LogP contribution in [0.5, 0.6) is 0 Å². The number of hydrogen-bond donors (Lipinski definition) is 3. The van der Waals surface area contributed by atoms with Gasteiger partial charge in [-0.25, -0.2) is 4.98 Å². The van der Waals surface area contributed by atoms with E-state index in [2.05, 4.69) is 36.4 Å². The Morgan fingerprint density at radius 3 is 3.07 bits per heavy atom. The van der Waals surface area contributed by atoms with Gasteiger partial charge in [0.05, 0.1) is 6.20 Å². The average molecular weight is 274 g/mol. The van der Waals surface area contributed by atoms with Crippen molar-refractivity contribution in [2.45, 2.75) is 6.54 Å². The normalized spacial score (nSPS) is 10.4. The van der Waals surface area contributed by atoms with E-state index in [1.165, 1.54) is 11.3 Å². The van der Waals surface area contributed by atoms with Gasteiger partial charge in [0, 0.05) is 17.5 Å². The Hall–Kier alpha value is -1.08. The van der Waals surface area contributed by atoms with Gasteiger partial charge in [-0.2, -0.15) is 5.10 Å². The number of nitrogen functional groups attached to an aromatic ring is 1. The number of anilines is 2. The molecule has 0 saturated carbocycles. The maximum absolute atomic E-state index is 5.63.